The van der Waals surface area contributed by atoms with E-state index in [0.29, 0.717) is 37.8 Å². The molecule has 0 spiro atoms. The van der Waals surface area contributed by atoms with E-state index in [0.717, 1.165) is 0 Å². The summed E-state index contributed by atoms with van der Waals surface area (Å²) in [5.74, 6) is 1.11. The van der Waals surface area contributed by atoms with Crippen molar-refractivity contribution in [3.05, 3.63) is 24.3 Å². The second-order valence-electron chi connectivity index (χ2n) is 5.15. The second kappa shape index (κ2) is 7.61. The average molecular weight is 300 g/mol. The summed E-state index contributed by atoms with van der Waals surface area (Å²) in [5, 5.41) is 0. The van der Waals surface area contributed by atoms with Gasteiger partial charge in [-0.2, -0.15) is 0 Å². The molecule has 20 heavy (non-hydrogen) atoms. The van der Waals surface area contributed by atoms with E-state index >= 15 is 0 Å². The van der Waals surface area contributed by atoms with E-state index in [1.807, 2.05) is 0 Å². The highest BCUT2D eigenvalue weighted by Crippen LogP contribution is 2.19. The number of nitrogens with zero attached hydrogens (tertiary/aromatic N) is 1. The van der Waals surface area contributed by atoms with Gasteiger partial charge in [0.25, 0.3) is 0 Å². The van der Waals surface area contributed by atoms with Crippen LogP contribution in [-0.2, 0) is 10.0 Å². The first-order valence-corrected chi connectivity index (χ1v) is 8.21. The van der Waals surface area contributed by atoms with Crippen molar-refractivity contribution < 1.29 is 13.2 Å². The molecule has 0 fully saturated rings. The Balaban J connectivity index is 2.76. The number of hydrogen-bond donors (Lipinski definition) is 1. The molecular formula is C14H24N2O3S. The van der Waals surface area contributed by atoms with Gasteiger partial charge in [0.1, 0.15) is 5.75 Å². The van der Waals surface area contributed by atoms with Crippen LogP contribution in [0.25, 0.3) is 0 Å². The van der Waals surface area contributed by atoms with Crippen molar-refractivity contribution in [1.82, 2.24) is 4.31 Å². The highest BCUT2D eigenvalue weighted by Gasteiger charge is 2.19. The van der Waals surface area contributed by atoms with Gasteiger partial charge < -0.3 is 10.5 Å². The lowest BCUT2D eigenvalue weighted by molar-refractivity contribution is 0.271. The summed E-state index contributed by atoms with van der Waals surface area (Å²) >= 11 is 0. The summed E-state index contributed by atoms with van der Waals surface area (Å²) < 4.78 is 31.4. The Morgan fingerprint density at radius 3 is 2.35 bits per heavy atom. The van der Waals surface area contributed by atoms with Gasteiger partial charge >= 0.3 is 0 Å². The Morgan fingerprint density at radius 1 is 1.25 bits per heavy atom. The predicted molar refractivity (Wildman–Crippen MR) is 80.3 cm³/mol. The van der Waals surface area contributed by atoms with Gasteiger partial charge in [-0.25, -0.2) is 12.7 Å². The highest BCUT2D eigenvalue weighted by molar-refractivity contribution is 7.89. The molecule has 2 N–H and O–H groups in total. The van der Waals surface area contributed by atoms with Gasteiger partial charge in [-0.3, -0.25) is 0 Å². The molecule has 0 amide bonds. The second-order valence-corrected chi connectivity index (χ2v) is 7.19. The van der Waals surface area contributed by atoms with Crippen molar-refractivity contribution >= 4 is 10.0 Å². The number of nitrogens with two attached hydrogens (primary N) is 1. The van der Waals surface area contributed by atoms with Crippen LogP contribution >= 0.6 is 0 Å². The maximum atomic E-state index is 12.3. The lowest BCUT2D eigenvalue weighted by Gasteiger charge is -2.17. The molecule has 0 heterocycles. The van der Waals surface area contributed by atoms with Crippen LogP contribution < -0.4 is 10.5 Å². The van der Waals surface area contributed by atoms with E-state index in [4.69, 9.17) is 10.5 Å². The first kappa shape index (κ1) is 16.9. The molecule has 6 heteroatoms. The molecule has 114 valence electrons. The van der Waals surface area contributed by atoms with Crippen LogP contribution in [-0.4, -0.2) is 39.5 Å². The summed E-state index contributed by atoms with van der Waals surface area (Å²) in [6, 6.07) is 6.52. The minimum Gasteiger partial charge on any atom is -0.493 e. The zero-order chi connectivity index (χ0) is 15.2. The van der Waals surface area contributed by atoms with Crippen LogP contribution in [0.5, 0.6) is 5.75 Å². The van der Waals surface area contributed by atoms with E-state index in [2.05, 4.69) is 13.8 Å². The fourth-order valence-corrected chi connectivity index (χ4v) is 2.79. The van der Waals surface area contributed by atoms with Crippen LogP contribution in [0.1, 0.15) is 20.3 Å². The molecule has 0 aromatic heterocycles. The van der Waals surface area contributed by atoms with Crippen molar-refractivity contribution in [3.63, 3.8) is 0 Å². The Kier molecular flexibility index (Phi) is 6.45. The average Bonchev–Trinajstić information content (AvgIpc) is 2.42. The normalized spacial score (nSPS) is 12.1. The van der Waals surface area contributed by atoms with E-state index < -0.39 is 10.0 Å². The molecule has 1 rings (SSSR count). The van der Waals surface area contributed by atoms with Crippen molar-refractivity contribution in [2.75, 3.05) is 26.7 Å². The molecule has 0 aliphatic rings. The summed E-state index contributed by atoms with van der Waals surface area (Å²) in [4.78, 5) is 0.272. The van der Waals surface area contributed by atoms with Crippen LogP contribution in [0.15, 0.2) is 29.2 Å². The summed E-state index contributed by atoms with van der Waals surface area (Å²) in [7, 11) is -1.87. The largest absolute Gasteiger partial charge is 0.493 e. The van der Waals surface area contributed by atoms with Crippen LogP contribution in [0, 0.1) is 5.92 Å². The van der Waals surface area contributed by atoms with Gasteiger partial charge in [-0.05, 0) is 43.1 Å². The topological polar surface area (TPSA) is 72.6 Å². The fraction of sp³-hybridized carbons (Fsp3) is 0.571. The number of ether oxygens (including phenoxy) is 1. The van der Waals surface area contributed by atoms with Crippen molar-refractivity contribution in [1.29, 1.82) is 0 Å². The molecule has 0 aliphatic heterocycles. The first-order valence-electron chi connectivity index (χ1n) is 6.77. The van der Waals surface area contributed by atoms with Crippen molar-refractivity contribution in [2.24, 2.45) is 11.7 Å². The molecule has 0 radical (unpaired) electrons. The zero-order valence-corrected chi connectivity index (χ0v) is 13.2. The quantitative estimate of drug-likeness (QED) is 0.793. The molecule has 0 saturated carbocycles. The Labute approximate surface area is 121 Å². The van der Waals surface area contributed by atoms with Gasteiger partial charge in [0.2, 0.25) is 10.0 Å². The smallest absolute Gasteiger partial charge is 0.242 e. The molecule has 1 aromatic rings. The van der Waals surface area contributed by atoms with Crippen molar-refractivity contribution in [2.45, 2.75) is 25.2 Å². The summed E-state index contributed by atoms with van der Waals surface area (Å²) in [5.41, 5.74) is 5.40. The lowest BCUT2D eigenvalue weighted by Crippen LogP contribution is -2.29. The SMILES string of the molecule is CC(C)COc1ccc(S(=O)(=O)N(C)CCCN)cc1. The highest BCUT2D eigenvalue weighted by atomic mass is 32.2. The maximum Gasteiger partial charge on any atom is 0.242 e. The summed E-state index contributed by atoms with van der Waals surface area (Å²) in [6.07, 6.45) is 0.644. The van der Waals surface area contributed by atoms with Crippen molar-refractivity contribution in [3.8, 4) is 5.75 Å². The van der Waals surface area contributed by atoms with Crippen LogP contribution in [0.2, 0.25) is 0 Å². The number of hydrogen-bond acceptors (Lipinski definition) is 4. The molecule has 0 bridgehead atoms. The molecule has 0 saturated heterocycles. The summed E-state index contributed by atoms with van der Waals surface area (Å²) in [6.45, 7) is 5.63. The Morgan fingerprint density at radius 2 is 1.85 bits per heavy atom. The predicted octanol–water partition coefficient (Wildman–Crippen LogP) is 1.69. The van der Waals surface area contributed by atoms with Crippen LogP contribution in [0.4, 0.5) is 0 Å². The Hall–Kier alpha value is -1.11. The third-order valence-electron chi connectivity index (χ3n) is 2.79. The molecule has 0 atom stereocenters. The van der Waals surface area contributed by atoms with E-state index in [-0.39, 0.29) is 4.90 Å². The zero-order valence-electron chi connectivity index (χ0n) is 12.4. The standard InChI is InChI=1S/C14H24N2O3S/c1-12(2)11-19-13-5-7-14(8-6-13)20(17,18)16(3)10-4-9-15/h5-8,12H,4,9-11,15H2,1-3H3. The first-order chi connectivity index (χ1) is 9.37. The number of sulfonamides is 1. The van der Waals surface area contributed by atoms with Gasteiger partial charge in [-0.15, -0.1) is 0 Å². The van der Waals surface area contributed by atoms with E-state index in [1.54, 1.807) is 31.3 Å². The van der Waals surface area contributed by atoms with Gasteiger partial charge in [0.15, 0.2) is 0 Å². The molecule has 0 unspecified atom stereocenters. The van der Waals surface area contributed by atoms with Gasteiger partial charge in [0, 0.05) is 13.6 Å². The minimum absolute atomic E-state index is 0.272. The minimum atomic E-state index is -3.44. The maximum absolute atomic E-state index is 12.3. The Bertz CT molecular complexity index is 498. The molecule has 5 nitrogen and oxygen atoms in total. The van der Waals surface area contributed by atoms with Crippen LogP contribution in [0.3, 0.4) is 0 Å². The monoisotopic (exact) mass is 300 g/mol. The number of rotatable bonds is 8. The van der Waals surface area contributed by atoms with E-state index in [9.17, 15) is 8.42 Å². The van der Waals surface area contributed by atoms with Gasteiger partial charge in [-0.1, -0.05) is 13.8 Å². The number of benzene rings is 1. The molecular weight excluding hydrogens is 276 g/mol. The van der Waals surface area contributed by atoms with Gasteiger partial charge in [0.05, 0.1) is 11.5 Å². The third kappa shape index (κ3) is 4.77. The lowest BCUT2D eigenvalue weighted by atomic mass is 10.2. The molecule has 1 aromatic carbocycles. The molecule has 0 aliphatic carbocycles. The van der Waals surface area contributed by atoms with E-state index in [1.165, 1.54) is 4.31 Å². The third-order valence-corrected chi connectivity index (χ3v) is 4.66. The fourth-order valence-electron chi connectivity index (χ4n) is 1.58.